The summed E-state index contributed by atoms with van der Waals surface area (Å²) in [5.41, 5.74) is -1.73. The summed E-state index contributed by atoms with van der Waals surface area (Å²) in [6, 6.07) is 0. The number of rotatable bonds is 6. The number of aromatic nitrogens is 2. The average molecular weight is 351 g/mol. The van der Waals surface area contributed by atoms with Crippen LogP contribution in [0.1, 0.15) is 38.0 Å². The Morgan fingerprint density at radius 1 is 1.52 bits per heavy atom. The molecule has 0 amide bonds. The molecule has 1 saturated heterocycles. The molecule has 138 valence electrons. The van der Waals surface area contributed by atoms with Crippen molar-refractivity contribution in [1.82, 2.24) is 9.24 Å². The van der Waals surface area contributed by atoms with Crippen LogP contribution in [0.25, 0.3) is 0 Å². The minimum absolute atomic E-state index is 0.148. The predicted molar refractivity (Wildman–Crippen MR) is 93.0 cm³/mol. The van der Waals surface area contributed by atoms with Crippen molar-refractivity contribution in [3.63, 3.8) is 0 Å². The number of aliphatic hydroxyl groups excluding tert-OH is 2. The SMILES string of the molecule is C#CCCCN(C)n1c(=O)c(C)cn([C@H]2CC(O)[C@@](C)(CO)O2)c1=O. The van der Waals surface area contributed by atoms with E-state index in [0.717, 1.165) is 4.68 Å². The van der Waals surface area contributed by atoms with Gasteiger partial charge in [-0.2, -0.15) is 4.68 Å². The van der Waals surface area contributed by atoms with Crippen LogP contribution in [0.15, 0.2) is 15.8 Å². The van der Waals surface area contributed by atoms with Gasteiger partial charge in [0.15, 0.2) is 0 Å². The molecule has 0 radical (unpaired) electrons. The van der Waals surface area contributed by atoms with Crippen molar-refractivity contribution in [3.05, 3.63) is 32.6 Å². The topological polar surface area (TPSA) is 96.9 Å². The Hall–Kier alpha value is -2.08. The van der Waals surface area contributed by atoms with Gasteiger partial charge in [0.05, 0.1) is 12.7 Å². The van der Waals surface area contributed by atoms with E-state index in [4.69, 9.17) is 11.2 Å². The Morgan fingerprint density at radius 2 is 2.20 bits per heavy atom. The van der Waals surface area contributed by atoms with Crippen LogP contribution < -0.4 is 16.3 Å². The number of aliphatic hydroxyl groups is 2. The van der Waals surface area contributed by atoms with E-state index in [0.29, 0.717) is 24.9 Å². The monoisotopic (exact) mass is 351 g/mol. The Morgan fingerprint density at radius 3 is 2.76 bits per heavy atom. The zero-order chi connectivity index (χ0) is 18.8. The van der Waals surface area contributed by atoms with Crippen LogP contribution >= 0.6 is 0 Å². The molecular weight excluding hydrogens is 326 g/mol. The standard InChI is InChI=1S/C17H25N3O5/c1-5-6-7-8-18(4)20-15(23)12(2)10-19(16(20)24)14-9-13(22)17(3,11-21)25-14/h1,10,13-14,21-22H,6-9,11H2,2-4H3/t13?,14-,17-/m1/s1. The molecule has 2 heterocycles. The molecule has 3 atom stereocenters. The van der Waals surface area contributed by atoms with E-state index in [1.807, 2.05) is 0 Å². The summed E-state index contributed by atoms with van der Waals surface area (Å²) in [7, 11) is 1.64. The van der Waals surface area contributed by atoms with Crippen LogP contribution in [0.5, 0.6) is 0 Å². The summed E-state index contributed by atoms with van der Waals surface area (Å²) >= 11 is 0. The highest BCUT2D eigenvalue weighted by Gasteiger charge is 2.45. The molecule has 1 aromatic heterocycles. The van der Waals surface area contributed by atoms with Crippen LogP contribution in [-0.2, 0) is 4.74 Å². The molecule has 1 aromatic rings. The van der Waals surface area contributed by atoms with Gasteiger partial charge >= 0.3 is 5.69 Å². The molecule has 0 bridgehead atoms. The fraction of sp³-hybridized carbons (Fsp3) is 0.647. The number of nitrogens with zero attached hydrogens (tertiary/aromatic N) is 3. The summed E-state index contributed by atoms with van der Waals surface area (Å²) < 4.78 is 8.05. The van der Waals surface area contributed by atoms with Gasteiger partial charge in [-0.1, -0.05) is 0 Å². The van der Waals surface area contributed by atoms with Crippen molar-refractivity contribution >= 4 is 0 Å². The van der Waals surface area contributed by atoms with Gasteiger partial charge < -0.3 is 20.0 Å². The summed E-state index contributed by atoms with van der Waals surface area (Å²) in [6.45, 7) is 3.27. The molecule has 1 fully saturated rings. The van der Waals surface area contributed by atoms with Gasteiger partial charge in [0, 0.05) is 38.2 Å². The third-order valence-electron chi connectivity index (χ3n) is 4.57. The molecule has 8 heteroatoms. The molecule has 0 aliphatic carbocycles. The third-order valence-corrected chi connectivity index (χ3v) is 4.57. The predicted octanol–water partition coefficient (Wildman–Crippen LogP) is -0.670. The maximum Gasteiger partial charge on any atom is 0.352 e. The molecular formula is C17H25N3O5. The summed E-state index contributed by atoms with van der Waals surface area (Å²) in [6.07, 6.45) is 6.33. The number of hydrogen-bond donors (Lipinski definition) is 2. The fourth-order valence-corrected chi connectivity index (χ4v) is 2.89. The molecule has 1 aliphatic heterocycles. The quantitative estimate of drug-likeness (QED) is 0.521. The van der Waals surface area contributed by atoms with Crippen molar-refractivity contribution in [3.8, 4) is 12.3 Å². The Kier molecular flexibility index (Phi) is 5.72. The number of ether oxygens (including phenoxy) is 1. The van der Waals surface area contributed by atoms with Gasteiger partial charge in [0.25, 0.3) is 5.56 Å². The molecule has 1 unspecified atom stereocenters. The first-order chi connectivity index (χ1) is 11.7. The summed E-state index contributed by atoms with van der Waals surface area (Å²) in [5.74, 6) is 2.52. The zero-order valence-electron chi connectivity index (χ0n) is 14.8. The first kappa shape index (κ1) is 19.2. The highest BCUT2D eigenvalue weighted by molar-refractivity contribution is 5.06. The Labute approximate surface area is 146 Å². The molecule has 1 aliphatic rings. The van der Waals surface area contributed by atoms with Crippen LogP contribution in [0, 0.1) is 19.3 Å². The molecule has 2 rings (SSSR count). The largest absolute Gasteiger partial charge is 0.393 e. The van der Waals surface area contributed by atoms with Gasteiger partial charge in [-0.25, -0.2) is 4.79 Å². The lowest BCUT2D eigenvalue weighted by Gasteiger charge is -2.26. The van der Waals surface area contributed by atoms with Gasteiger partial charge in [-0.3, -0.25) is 9.36 Å². The van der Waals surface area contributed by atoms with E-state index in [1.165, 1.54) is 15.8 Å². The number of hydrogen-bond acceptors (Lipinski definition) is 6. The molecule has 8 nitrogen and oxygen atoms in total. The molecule has 2 N–H and O–H groups in total. The van der Waals surface area contributed by atoms with Crippen LogP contribution in [0.2, 0.25) is 0 Å². The Balaban J connectivity index is 2.41. The second-order valence-electron chi connectivity index (χ2n) is 6.60. The van der Waals surface area contributed by atoms with Crippen molar-refractivity contribution in [1.29, 1.82) is 0 Å². The number of terminal acetylenes is 1. The Bertz CT molecular complexity index is 778. The molecule has 25 heavy (non-hydrogen) atoms. The van der Waals surface area contributed by atoms with Crippen LogP contribution in [-0.4, -0.2) is 51.4 Å². The maximum atomic E-state index is 12.8. The van der Waals surface area contributed by atoms with E-state index in [2.05, 4.69) is 5.92 Å². The second-order valence-corrected chi connectivity index (χ2v) is 6.60. The zero-order valence-corrected chi connectivity index (χ0v) is 14.8. The van der Waals surface area contributed by atoms with E-state index < -0.39 is 29.2 Å². The van der Waals surface area contributed by atoms with Crippen molar-refractivity contribution in [2.75, 3.05) is 25.2 Å². The number of aryl methyl sites for hydroxylation is 1. The highest BCUT2D eigenvalue weighted by Crippen LogP contribution is 2.35. The average Bonchev–Trinajstić information content (AvgIpc) is 2.87. The fourth-order valence-electron chi connectivity index (χ4n) is 2.89. The van der Waals surface area contributed by atoms with Crippen molar-refractivity contribution in [2.24, 2.45) is 0 Å². The second kappa shape index (κ2) is 7.44. The number of unbranched alkanes of at least 4 members (excludes halogenated alkanes) is 1. The van der Waals surface area contributed by atoms with Crippen molar-refractivity contribution in [2.45, 2.75) is 51.0 Å². The molecule has 0 saturated carbocycles. The van der Waals surface area contributed by atoms with E-state index in [-0.39, 0.29) is 13.0 Å². The summed E-state index contributed by atoms with van der Waals surface area (Å²) in [4.78, 5) is 25.2. The van der Waals surface area contributed by atoms with E-state index in [9.17, 15) is 19.8 Å². The first-order valence-corrected chi connectivity index (χ1v) is 8.21. The van der Waals surface area contributed by atoms with Crippen LogP contribution in [0.4, 0.5) is 0 Å². The van der Waals surface area contributed by atoms with E-state index in [1.54, 1.807) is 20.9 Å². The van der Waals surface area contributed by atoms with Gasteiger partial charge in [0.1, 0.15) is 11.8 Å². The van der Waals surface area contributed by atoms with Gasteiger partial charge in [-0.15, -0.1) is 12.3 Å². The normalized spacial score (nSPS) is 25.8. The molecule has 0 spiro atoms. The lowest BCUT2D eigenvalue weighted by molar-refractivity contribution is -0.117. The first-order valence-electron chi connectivity index (χ1n) is 8.21. The van der Waals surface area contributed by atoms with Gasteiger partial charge in [-0.05, 0) is 20.3 Å². The molecule has 0 aromatic carbocycles. The minimum Gasteiger partial charge on any atom is -0.393 e. The summed E-state index contributed by atoms with van der Waals surface area (Å²) in [5, 5.41) is 21.1. The van der Waals surface area contributed by atoms with E-state index >= 15 is 0 Å². The third kappa shape index (κ3) is 3.63. The smallest absolute Gasteiger partial charge is 0.352 e. The lowest BCUT2D eigenvalue weighted by atomic mass is 10.0. The maximum absolute atomic E-state index is 12.8. The lowest BCUT2D eigenvalue weighted by Crippen LogP contribution is -2.52. The minimum atomic E-state index is -1.14. The van der Waals surface area contributed by atoms with Gasteiger partial charge in [0.2, 0.25) is 0 Å². The highest BCUT2D eigenvalue weighted by atomic mass is 16.6. The van der Waals surface area contributed by atoms with Crippen LogP contribution in [0.3, 0.4) is 0 Å². The van der Waals surface area contributed by atoms with Crippen molar-refractivity contribution < 1.29 is 14.9 Å².